The van der Waals surface area contributed by atoms with E-state index < -0.39 is 15.6 Å². The Morgan fingerprint density at radius 1 is 1.39 bits per heavy atom. The number of nitrogens with zero attached hydrogens (tertiary/aromatic N) is 1. The van der Waals surface area contributed by atoms with Crippen LogP contribution >= 0.6 is 11.3 Å². The molecule has 0 amide bonds. The SMILES string of the molecule is CCCC1(O)CN(S(=O)(=O)c2ccc(CC)s2)C1. The van der Waals surface area contributed by atoms with Crippen LogP contribution in [0.5, 0.6) is 0 Å². The number of thiophene rings is 1. The fourth-order valence-electron chi connectivity index (χ4n) is 2.22. The van der Waals surface area contributed by atoms with Crippen molar-refractivity contribution in [1.29, 1.82) is 0 Å². The maximum Gasteiger partial charge on any atom is 0.252 e. The van der Waals surface area contributed by atoms with Gasteiger partial charge in [-0.3, -0.25) is 0 Å². The van der Waals surface area contributed by atoms with E-state index in [9.17, 15) is 13.5 Å². The van der Waals surface area contributed by atoms with E-state index in [1.54, 1.807) is 6.07 Å². The zero-order valence-electron chi connectivity index (χ0n) is 10.7. The Morgan fingerprint density at radius 2 is 2.06 bits per heavy atom. The number of hydrogen-bond donors (Lipinski definition) is 1. The van der Waals surface area contributed by atoms with E-state index >= 15 is 0 Å². The van der Waals surface area contributed by atoms with Crippen LogP contribution in [0.15, 0.2) is 16.3 Å². The van der Waals surface area contributed by atoms with Gasteiger partial charge in [-0.15, -0.1) is 11.3 Å². The van der Waals surface area contributed by atoms with Gasteiger partial charge >= 0.3 is 0 Å². The first-order valence-corrected chi connectivity index (χ1v) is 8.48. The maximum atomic E-state index is 12.3. The molecule has 0 aromatic carbocycles. The molecule has 4 nitrogen and oxygen atoms in total. The van der Waals surface area contributed by atoms with E-state index in [1.807, 2.05) is 19.9 Å². The Balaban J connectivity index is 2.10. The number of aliphatic hydroxyl groups is 1. The van der Waals surface area contributed by atoms with Gasteiger partial charge in [0.25, 0.3) is 10.0 Å². The standard InChI is InChI=1S/C12H19NO3S2/c1-3-7-12(14)8-13(9-12)18(15,16)11-6-5-10(4-2)17-11/h5-6,14H,3-4,7-9H2,1-2H3. The van der Waals surface area contributed by atoms with Crippen molar-refractivity contribution in [2.75, 3.05) is 13.1 Å². The second kappa shape index (κ2) is 4.92. The summed E-state index contributed by atoms with van der Waals surface area (Å²) >= 11 is 1.32. The number of rotatable bonds is 5. The molecule has 2 rings (SSSR count). The molecule has 1 aliphatic heterocycles. The predicted molar refractivity (Wildman–Crippen MR) is 72.3 cm³/mol. The number of sulfonamides is 1. The minimum atomic E-state index is -3.39. The Morgan fingerprint density at radius 3 is 2.56 bits per heavy atom. The smallest absolute Gasteiger partial charge is 0.252 e. The molecule has 1 N–H and O–H groups in total. The summed E-state index contributed by atoms with van der Waals surface area (Å²) in [6, 6.07) is 3.52. The summed E-state index contributed by atoms with van der Waals surface area (Å²) in [4.78, 5) is 1.07. The Kier molecular flexibility index (Phi) is 3.82. The van der Waals surface area contributed by atoms with E-state index in [2.05, 4.69) is 0 Å². The summed E-state index contributed by atoms with van der Waals surface area (Å²) < 4.78 is 26.3. The molecule has 0 spiro atoms. The normalized spacial score (nSPS) is 19.7. The summed E-state index contributed by atoms with van der Waals surface area (Å²) in [6.07, 6.45) is 2.37. The van der Waals surface area contributed by atoms with E-state index in [4.69, 9.17) is 0 Å². The van der Waals surface area contributed by atoms with Crippen LogP contribution in [0.25, 0.3) is 0 Å². The van der Waals surface area contributed by atoms with Crippen LogP contribution in [0.1, 0.15) is 31.6 Å². The van der Waals surface area contributed by atoms with Crippen molar-refractivity contribution in [3.63, 3.8) is 0 Å². The van der Waals surface area contributed by atoms with Crippen LogP contribution in [-0.4, -0.2) is 36.5 Å². The molecule has 6 heteroatoms. The summed E-state index contributed by atoms with van der Waals surface area (Å²) in [5.74, 6) is 0. The molecule has 0 atom stereocenters. The second-order valence-corrected chi connectivity index (χ2v) is 8.15. The molecule has 1 aromatic heterocycles. The summed E-state index contributed by atoms with van der Waals surface area (Å²) in [5.41, 5.74) is -0.813. The summed E-state index contributed by atoms with van der Waals surface area (Å²) in [7, 11) is -3.39. The van der Waals surface area contributed by atoms with Crippen LogP contribution in [0, 0.1) is 0 Å². The van der Waals surface area contributed by atoms with E-state index in [-0.39, 0.29) is 13.1 Å². The number of β-amino-alcohol motifs (C(OH)–C–C–N with tert-alkyl or cyclic N) is 1. The minimum Gasteiger partial charge on any atom is -0.387 e. The highest BCUT2D eigenvalue weighted by Crippen LogP contribution is 2.33. The van der Waals surface area contributed by atoms with Gasteiger partial charge in [-0.05, 0) is 25.0 Å². The average Bonchev–Trinajstić information content (AvgIpc) is 2.75. The zero-order valence-corrected chi connectivity index (χ0v) is 12.4. The third-order valence-corrected chi connectivity index (χ3v) is 6.72. The molecule has 0 saturated carbocycles. The first-order valence-electron chi connectivity index (χ1n) is 6.22. The lowest BCUT2D eigenvalue weighted by atomic mass is 9.92. The van der Waals surface area contributed by atoms with Crippen LogP contribution in [0.4, 0.5) is 0 Å². The van der Waals surface area contributed by atoms with E-state index in [0.717, 1.165) is 17.7 Å². The van der Waals surface area contributed by atoms with Crippen molar-refractivity contribution in [1.82, 2.24) is 4.31 Å². The highest BCUT2D eigenvalue weighted by Gasteiger charge is 2.46. The van der Waals surface area contributed by atoms with Gasteiger partial charge in [-0.1, -0.05) is 20.3 Å². The molecule has 0 unspecified atom stereocenters. The molecule has 1 aliphatic rings. The van der Waals surface area contributed by atoms with Crippen molar-refractivity contribution in [2.24, 2.45) is 0 Å². The second-order valence-electron chi connectivity index (χ2n) is 4.82. The Labute approximate surface area is 112 Å². The highest BCUT2D eigenvalue weighted by molar-refractivity contribution is 7.91. The zero-order chi connectivity index (χ0) is 13.4. The fourth-order valence-corrected chi connectivity index (χ4v) is 5.27. The first kappa shape index (κ1) is 14.0. The molecule has 2 heterocycles. The minimum absolute atomic E-state index is 0.225. The molecular weight excluding hydrogens is 270 g/mol. The topological polar surface area (TPSA) is 57.6 Å². The third-order valence-electron chi connectivity index (χ3n) is 3.24. The first-order chi connectivity index (χ1) is 8.41. The lowest BCUT2D eigenvalue weighted by molar-refractivity contribution is -0.0652. The van der Waals surface area contributed by atoms with Crippen LogP contribution in [0.2, 0.25) is 0 Å². The van der Waals surface area contributed by atoms with Gasteiger partial charge in [-0.2, -0.15) is 4.31 Å². The van der Waals surface area contributed by atoms with Gasteiger partial charge in [0.2, 0.25) is 0 Å². The van der Waals surface area contributed by atoms with Crippen molar-refractivity contribution in [3.8, 4) is 0 Å². The summed E-state index contributed by atoms with van der Waals surface area (Å²) in [5, 5.41) is 10.0. The lowest BCUT2D eigenvalue weighted by Crippen LogP contribution is -2.63. The molecule has 0 radical (unpaired) electrons. The largest absolute Gasteiger partial charge is 0.387 e. The van der Waals surface area contributed by atoms with Gasteiger partial charge in [-0.25, -0.2) is 8.42 Å². The van der Waals surface area contributed by atoms with Crippen LogP contribution < -0.4 is 0 Å². The van der Waals surface area contributed by atoms with Crippen molar-refractivity contribution in [3.05, 3.63) is 17.0 Å². The van der Waals surface area contributed by atoms with Gasteiger partial charge < -0.3 is 5.11 Å². The number of aryl methyl sites for hydroxylation is 1. The Hall–Kier alpha value is -0.430. The van der Waals surface area contributed by atoms with Gasteiger partial charge in [0.15, 0.2) is 0 Å². The van der Waals surface area contributed by atoms with E-state index in [0.29, 0.717) is 10.6 Å². The average molecular weight is 289 g/mol. The summed E-state index contributed by atoms with van der Waals surface area (Å²) in [6.45, 7) is 4.44. The predicted octanol–water partition coefficient (Wildman–Crippen LogP) is 1.85. The van der Waals surface area contributed by atoms with Gasteiger partial charge in [0, 0.05) is 18.0 Å². The highest BCUT2D eigenvalue weighted by atomic mass is 32.2. The maximum absolute atomic E-state index is 12.3. The van der Waals surface area contributed by atoms with Crippen molar-refractivity contribution >= 4 is 21.4 Å². The van der Waals surface area contributed by atoms with Crippen molar-refractivity contribution < 1.29 is 13.5 Å². The van der Waals surface area contributed by atoms with Crippen LogP contribution in [0.3, 0.4) is 0 Å². The molecular formula is C12H19NO3S2. The molecule has 1 fully saturated rings. The third kappa shape index (κ3) is 2.47. The lowest BCUT2D eigenvalue weighted by Gasteiger charge is -2.45. The van der Waals surface area contributed by atoms with Crippen molar-refractivity contribution in [2.45, 2.75) is 42.9 Å². The fraction of sp³-hybridized carbons (Fsp3) is 0.667. The van der Waals surface area contributed by atoms with E-state index in [1.165, 1.54) is 15.6 Å². The van der Waals surface area contributed by atoms with Crippen LogP contribution in [-0.2, 0) is 16.4 Å². The molecule has 1 saturated heterocycles. The molecule has 102 valence electrons. The van der Waals surface area contributed by atoms with Gasteiger partial charge in [0.05, 0.1) is 5.60 Å². The van der Waals surface area contributed by atoms with Gasteiger partial charge in [0.1, 0.15) is 4.21 Å². The molecule has 1 aromatic rings. The Bertz CT molecular complexity index is 515. The number of hydrogen-bond acceptors (Lipinski definition) is 4. The monoisotopic (exact) mass is 289 g/mol. The molecule has 0 aliphatic carbocycles. The molecule has 18 heavy (non-hydrogen) atoms. The molecule has 0 bridgehead atoms. The quantitative estimate of drug-likeness (QED) is 0.900.